The van der Waals surface area contributed by atoms with Crippen molar-refractivity contribution in [2.24, 2.45) is 0 Å². The van der Waals surface area contributed by atoms with Crippen molar-refractivity contribution >= 4 is 33.0 Å². The summed E-state index contributed by atoms with van der Waals surface area (Å²) in [5.74, 6) is -0.636. The molecule has 22 heavy (non-hydrogen) atoms. The van der Waals surface area contributed by atoms with Gasteiger partial charge >= 0.3 is 5.97 Å². The van der Waals surface area contributed by atoms with E-state index >= 15 is 0 Å². The molecule has 1 aromatic heterocycles. The van der Waals surface area contributed by atoms with Gasteiger partial charge in [0, 0.05) is 13.0 Å². The van der Waals surface area contributed by atoms with E-state index in [1.54, 1.807) is 0 Å². The monoisotopic (exact) mass is 338 g/mol. The highest BCUT2D eigenvalue weighted by Gasteiger charge is 2.30. The minimum absolute atomic E-state index is 0.114. The molecule has 116 valence electrons. The summed E-state index contributed by atoms with van der Waals surface area (Å²) >= 11 is 1.21. The van der Waals surface area contributed by atoms with E-state index in [-0.39, 0.29) is 9.77 Å². The summed E-state index contributed by atoms with van der Waals surface area (Å²) in [4.78, 5) is 15.0. The molecule has 0 bridgehead atoms. The second-order valence-corrected chi connectivity index (χ2v) is 8.37. The Morgan fingerprint density at radius 1 is 1.32 bits per heavy atom. The molecule has 2 aromatic rings. The Balaban J connectivity index is 1.88. The summed E-state index contributed by atoms with van der Waals surface area (Å²) in [6, 6.07) is 5.71. The molecule has 1 fully saturated rings. The molecule has 1 N–H and O–H groups in total. The SMILES string of the molecule is CN(c1ccc(C(=O)O)cc1)S(=O)(=O)c1cnc(C2CC2)s1. The van der Waals surface area contributed by atoms with E-state index < -0.39 is 16.0 Å². The lowest BCUT2D eigenvalue weighted by atomic mass is 10.2. The molecule has 0 spiro atoms. The number of carbonyl (C=O) groups is 1. The minimum Gasteiger partial charge on any atom is -0.478 e. The zero-order chi connectivity index (χ0) is 15.9. The molecule has 0 amide bonds. The smallest absolute Gasteiger partial charge is 0.335 e. The number of hydrogen-bond acceptors (Lipinski definition) is 5. The maximum Gasteiger partial charge on any atom is 0.335 e. The second-order valence-electron chi connectivity index (χ2n) is 5.12. The van der Waals surface area contributed by atoms with Crippen LogP contribution in [-0.2, 0) is 10.0 Å². The van der Waals surface area contributed by atoms with Gasteiger partial charge in [-0.25, -0.2) is 18.2 Å². The van der Waals surface area contributed by atoms with Crippen LogP contribution >= 0.6 is 11.3 Å². The number of benzene rings is 1. The van der Waals surface area contributed by atoms with Crippen molar-refractivity contribution in [3.63, 3.8) is 0 Å². The van der Waals surface area contributed by atoms with Crippen LogP contribution < -0.4 is 4.31 Å². The highest BCUT2D eigenvalue weighted by molar-refractivity contribution is 7.94. The molecule has 0 atom stereocenters. The molecule has 0 unspecified atom stereocenters. The van der Waals surface area contributed by atoms with Crippen LogP contribution in [0.1, 0.15) is 34.1 Å². The molecule has 3 rings (SSSR count). The predicted octanol–water partition coefficient (Wildman–Crippen LogP) is 2.54. The van der Waals surface area contributed by atoms with Crippen molar-refractivity contribution in [1.29, 1.82) is 0 Å². The van der Waals surface area contributed by atoms with Crippen molar-refractivity contribution in [2.75, 3.05) is 11.4 Å². The molecule has 1 aliphatic carbocycles. The number of aromatic nitrogens is 1. The van der Waals surface area contributed by atoms with Gasteiger partial charge in [0.15, 0.2) is 4.21 Å². The van der Waals surface area contributed by atoms with Gasteiger partial charge < -0.3 is 5.11 Å². The number of carboxylic acid groups (broad SMARTS) is 1. The van der Waals surface area contributed by atoms with Crippen LogP contribution in [0.5, 0.6) is 0 Å². The van der Waals surface area contributed by atoms with Gasteiger partial charge in [-0.15, -0.1) is 11.3 Å². The predicted molar refractivity (Wildman–Crippen MR) is 83.1 cm³/mol. The van der Waals surface area contributed by atoms with Crippen LogP contribution in [0, 0.1) is 0 Å². The van der Waals surface area contributed by atoms with Gasteiger partial charge in [-0.05, 0) is 37.1 Å². The van der Waals surface area contributed by atoms with Gasteiger partial charge in [-0.3, -0.25) is 4.31 Å². The fourth-order valence-corrected chi connectivity index (χ4v) is 4.69. The Morgan fingerprint density at radius 2 is 1.95 bits per heavy atom. The lowest BCUT2D eigenvalue weighted by Crippen LogP contribution is -2.25. The van der Waals surface area contributed by atoms with Crippen LogP contribution in [0.15, 0.2) is 34.7 Å². The largest absolute Gasteiger partial charge is 0.478 e. The van der Waals surface area contributed by atoms with E-state index in [9.17, 15) is 13.2 Å². The highest BCUT2D eigenvalue weighted by Crippen LogP contribution is 2.42. The van der Waals surface area contributed by atoms with Crippen molar-refractivity contribution in [2.45, 2.75) is 23.0 Å². The van der Waals surface area contributed by atoms with Crippen LogP contribution in [0.2, 0.25) is 0 Å². The molecule has 6 nitrogen and oxygen atoms in total. The van der Waals surface area contributed by atoms with Crippen LogP contribution in [0.4, 0.5) is 5.69 Å². The van der Waals surface area contributed by atoms with Crippen LogP contribution in [0.25, 0.3) is 0 Å². The van der Waals surface area contributed by atoms with Crippen LogP contribution in [-0.4, -0.2) is 31.5 Å². The maximum atomic E-state index is 12.6. The average molecular weight is 338 g/mol. The number of aromatic carboxylic acids is 1. The number of thiazole rings is 1. The van der Waals surface area contributed by atoms with Crippen molar-refractivity contribution in [1.82, 2.24) is 4.98 Å². The lowest BCUT2D eigenvalue weighted by Gasteiger charge is -2.18. The minimum atomic E-state index is -3.67. The Morgan fingerprint density at radius 3 is 2.50 bits per heavy atom. The summed E-state index contributed by atoms with van der Waals surface area (Å²) in [6.07, 6.45) is 3.54. The van der Waals surface area contributed by atoms with Gasteiger partial charge in [-0.2, -0.15) is 0 Å². The van der Waals surface area contributed by atoms with Crippen molar-refractivity contribution in [3.8, 4) is 0 Å². The third kappa shape index (κ3) is 2.71. The standard InChI is InChI=1S/C14H14N2O4S2/c1-16(11-6-4-10(5-7-11)14(17)18)22(19,20)12-8-15-13(21-12)9-2-3-9/h4-9H,2-3H2,1H3,(H,17,18). The van der Waals surface area contributed by atoms with E-state index in [1.165, 1.54) is 48.8 Å². The zero-order valence-corrected chi connectivity index (χ0v) is 13.4. The van der Waals surface area contributed by atoms with E-state index in [0.29, 0.717) is 11.6 Å². The van der Waals surface area contributed by atoms with E-state index in [0.717, 1.165) is 22.2 Å². The lowest BCUT2D eigenvalue weighted by molar-refractivity contribution is 0.0697. The molecule has 0 aliphatic heterocycles. The molecular weight excluding hydrogens is 324 g/mol. The first-order valence-corrected chi connectivity index (χ1v) is 8.93. The fraction of sp³-hybridized carbons (Fsp3) is 0.286. The summed E-state index contributed by atoms with van der Waals surface area (Å²) in [6.45, 7) is 0. The Hall–Kier alpha value is -1.93. The Labute approximate surface area is 132 Å². The van der Waals surface area contributed by atoms with Gasteiger partial charge in [0.25, 0.3) is 10.0 Å². The van der Waals surface area contributed by atoms with Gasteiger partial charge in [-0.1, -0.05) is 0 Å². The first kappa shape index (κ1) is 15.0. The Bertz CT molecular complexity index is 808. The third-order valence-corrected chi connectivity index (χ3v) is 6.90. The zero-order valence-electron chi connectivity index (χ0n) is 11.8. The number of sulfonamides is 1. The van der Waals surface area contributed by atoms with Crippen molar-refractivity contribution in [3.05, 3.63) is 41.0 Å². The highest BCUT2D eigenvalue weighted by atomic mass is 32.2. The molecule has 0 saturated heterocycles. The van der Waals surface area contributed by atoms with E-state index in [1.807, 2.05) is 0 Å². The quantitative estimate of drug-likeness (QED) is 0.905. The molecule has 1 aromatic carbocycles. The molecule has 8 heteroatoms. The molecule has 1 saturated carbocycles. The number of anilines is 1. The van der Waals surface area contributed by atoms with E-state index in [4.69, 9.17) is 5.11 Å². The second kappa shape index (κ2) is 5.36. The average Bonchev–Trinajstić information content (AvgIpc) is 3.23. The van der Waals surface area contributed by atoms with Crippen LogP contribution in [0.3, 0.4) is 0 Å². The molecular formula is C14H14N2O4S2. The first-order valence-electron chi connectivity index (χ1n) is 6.67. The van der Waals surface area contributed by atoms with Crippen molar-refractivity contribution < 1.29 is 18.3 Å². The van der Waals surface area contributed by atoms with Gasteiger partial charge in [0.1, 0.15) is 0 Å². The number of hydrogen-bond donors (Lipinski definition) is 1. The Kier molecular flexibility index (Phi) is 3.65. The molecule has 1 aliphatic rings. The number of carboxylic acids is 1. The summed E-state index contributed by atoms with van der Waals surface area (Å²) in [5, 5.41) is 9.74. The van der Waals surface area contributed by atoms with Gasteiger partial charge in [0.05, 0.1) is 22.5 Å². The summed E-state index contributed by atoms with van der Waals surface area (Å²) < 4.78 is 26.5. The summed E-state index contributed by atoms with van der Waals surface area (Å²) in [7, 11) is -2.22. The normalized spacial score (nSPS) is 14.8. The molecule has 1 heterocycles. The first-order chi connectivity index (χ1) is 10.4. The fourth-order valence-electron chi connectivity index (χ4n) is 2.00. The van der Waals surface area contributed by atoms with E-state index in [2.05, 4.69) is 4.98 Å². The maximum absolute atomic E-state index is 12.6. The van der Waals surface area contributed by atoms with Gasteiger partial charge in [0.2, 0.25) is 0 Å². The number of rotatable bonds is 5. The number of nitrogens with zero attached hydrogens (tertiary/aromatic N) is 2. The third-order valence-electron chi connectivity index (χ3n) is 3.52. The topological polar surface area (TPSA) is 87.6 Å². The molecule has 0 radical (unpaired) electrons. The summed E-state index contributed by atoms with van der Waals surface area (Å²) in [5.41, 5.74) is 0.523.